The Kier molecular flexibility index (Phi) is 2.40. The minimum atomic E-state index is 0.472. The molecule has 0 saturated heterocycles. The van der Waals surface area contributed by atoms with Crippen molar-refractivity contribution in [1.82, 2.24) is 5.32 Å². The Morgan fingerprint density at radius 1 is 1.19 bits per heavy atom. The van der Waals surface area contributed by atoms with Gasteiger partial charge in [0.15, 0.2) is 0 Å². The maximum absolute atomic E-state index is 5.75. The second-order valence-electron chi connectivity index (χ2n) is 5.29. The van der Waals surface area contributed by atoms with E-state index in [-0.39, 0.29) is 0 Å². The smallest absolute Gasteiger partial charge is 0.124 e. The van der Waals surface area contributed by atoms with Crippen LogP contribution in [-0.2, 0) is 0 Å². The molecule has 0 spiro atoms. The van der Waals surface area contributed by atoms with E-state index in [1.807, 2.05) is 6.07 Å². The van der Waals surface area contributed by atoms with E-state index in [0.29, 0.717) is 12.0 Å². The Morgan fingerprint density at radius 2 is 1.94 bits per heavy atom. The summed E-state index contributed by atoms with van der Waals surface area (Å²) >= 11 is 0. The fourth-order valence-electron chi connectivity index (χ4n) is 2.53. The molecule has 1 aromatic carbocycles. The molecule has 1 aliphatic carbocycles. The zero-order valence-corrected chi connectivity index (χ0v) is 9.94. The van der Waals surface area contributed by atoms with E-state index in [2.05, 4.69) is 37.4 Å². The first-order valence-electron chi connectivity index (χ1n) is 6.23. The van der Waals surface area contributed by atoms with Gasteiger partial charge in [0.1, 0.15) is 5.75 Å². The van der Waals surface area contributed by atoms with Crippen LogP contribution in [-0.4, -0.2) is 12.6 Å². The molecule has 16 heavy (non-hydrogen) atoms. The fourth-order valence-corrected chi connectivity index (χ4v) is 2.53. The molecule has 1 aromatic rings. The van der Waals surface area contributed by atoms with Crippen LogP contribution < -0.4 is 10.1 Å². The highest BCUT2D eigenvalue weighted by molar-refractivity contribution is 5.38. The van der Waals surface area contributed by atoms with Crippen molar-refractivity contribution in [3.8, 4) is 5.75 Å². The maximum atomic E-state index is 5.75. The summed E-state index contributed by atoms with van der Waals surface area (Å²) in [6, 6.07) is 9.61. The molecule has 1 heterocycles. The van der Waals surface area contributed by atoms with Crippen LogP contribution in [0.5, 0.6) is 5.75 Å². The number of rotatable bonds is 2. The van der Waals surface area contributed by atoms with E-state index < -0.39 is 0 Å². The second kappa shape index (κ2) is 3.77. The third-order valence-corrected chi connectivity index (χ3v) is 3.83. The van der Waals surface area contributed by atoms with Crippen LogP contribution in [0.1, 0.15) is 31.9 Å². The first-order valence-corrected chi connectivity index (χ1v) is 6.23. The molecular weight excluding hydrogens is 198 g/mol. The first-order chi connectivity index (χ1) is 7.75. The van der Waals surface area contributed by atoms with Crippen molar-refractivity contribution in [3.63, 3.8) is 0 Å². The van der Waals surface area contributed by atoms with Crippen LogP contribution >= 0.6 is 0 Å². The van der Waals surface area contributed by atoms with Gasteiger partial charge < -0.3 is 10.1 Å². The zero-order chi connectivity index (χ0) is 11.1. The van der Waals surface area contributed by atoms with Crippen molar-refractivity contribution in [1.29, 1.82) is 0 Å². The molecule has 2 nitrogen and oxygen atoms in total. The molecule has 1 aliphatic heterocycles. The zero-order valence-electron chi connectivity index (χ0n) is 9.94. The highest BCUT2D eigenvalue weighted by Gasteiger charge is 2.37. The number of hydrogen-bond donors (Lipinski definition) is 1. The average Bonchev–Trinajstić information content (AvgIpc) is 2.99. The monoisotopic (exact) mass is 217 g/mol. The van der Waals surface area contributed by atoms with E-state index >= 15 is 0 Å². The molecule has 1 saturated carbocycles. The number of hydrogen-bond acceptors (Lipinski definition) is 2. The van der Waals surface area contributed by atoms with Crippen LogP contribution in [0.4, 0.5) is 0 Å². The van der Waals surface area contributed by atoms with E-state index in [1.54, 1.807) is 0 Å². The molecule has 3 rings (SSSR count). The molecule has 1 N–H and O–H groups in total. The Hall–Kier alpha value is -1.02. The Morgan fingerprint density at radius 3 is 2.69 bits per heavy atom. The summed E-state index contributed by atoms with van der Waals surface area (Å²) in [5, 5.41) is 3.77. The minimum Gasteiger partial charge on any atom is -0.493 e. The molecule has 0 aromatic heterocycles. The van der Waals surface area contributed by atoms with Gasteiger partial charge >= 0.3 is 0 Å². The number of nitrogens with one attached hydrogen (secondary N) is 1. The molecule has 2 aliphatic rings. The topological polar surface area (TPSA) is 21.3 Å². The Balaban J connectivity index is 1.85. The third-order valence-electron chi connectivity index (χ3n) is 3.83. The summed E-state index contributed by atoms with van der Waals surface area (Å²) in [5.41, 5.74) is 1.33. The lowest BCUT2D eigenvalue weighted by Gasteiger charge is -2.32. The van der Waals surface area contributed by atoms with Gasteiger partial charge in [-0.05, 0) is 18.4 Å². The largest absolute Gasteiger partial charge is 0.493 e. The van der Waals surface area contributed by atoms with Crippen LogP contribution in [0.25, 0.3) is 0 Å². The standard InChI is InChI=1S/C14H19NO/c1-9-7-12(9)15-14-10(2)8-16-13-6-4-3-5-11(13)14/h3-6,9-10,12,14-15H,7-8H2,1-2H3. The first kappa shape index (κ1) is 10.2. The highest BCUT2D eigenvalue weighted by Crippen LogP contribution is 2.39. The van der Waals surface area contributed by atoms with Gasteiger partial charge in [-0.3, -0.25) is 0 Å². The lowest BCUT2D eigenvalue weighted by Crippen LogP contribution is -2.35. The summed E-state index contributed by atoms with van der Waals surface area (Å²) in [5.74, 6) is 2.47. The van der Waals surface area contributed by atoms with Gasteiger partial charge in [0, 0.05) is 23.6 Å². The SMILES string of the molecule is CC1CC1NC1c2ccccc2OCC1C. The Bertz CT molecular complexity index is 390. The number of benzene rings is 1. The van der Waals surface area contributed by atoms with Crippen molar-refractivity contribution in [2.24, 2.45) is 11.8 Å². The normalized spacial score (nSPS) is 36.4. The van der Waals surface area contributed by atoms with Crippen molar-refractivity contribution < 1.29 is 4.74 Å². The minimum absolute atomic E-state index is 0.472. The molecule has 2 heteroatoms. The van der Waals surface area contributed by atoms with Gasteiger partial charge in [-0.2, -0.15) is 0 Å². The van der Waals surface area contributed by atoms with Gasteiger partial charge in [-0.25, -0.2) is 0 Å². The van der Waals surface area contributed by atoms with Crippen molar-refractivity contribution >= 4 is 0 Å². The van der Waals surface area contributed by atoms with Gasteiger partial charge in [-0.1, -0.05) is 32.0 Å². The van der Waals surface area contributed by atoms with Gasteiger partial charge in [-0.15, -0.1) is 0 Å². The van der Waals surface area contributed by atoms with E-state index in [4.69, 9.17) is 4.74 Å². The molecule has 0 amide bonds. The lowest BCUT2D eigenvalue weighted by atomic mass is 9.92. The highest BCUT2D eigenvalue weighted by atomic mass is 16.5. The number of fused-ring (bicyclic) bond motifs is 1. The summed E-state index contributed by atoms with van der Waals surface area (Å²) in [6.07, 6.45) is 1.33. The average molecular weight is 217 g/mol. The van der Waals surface area contributed by atoms with Gasteiger partial charge in [0.05, 0.1) is 6.61 Å². The summed E-state index contributed by atoms with van der Waals surface area (Å²) in [6.45, 7) is 5.41. The van der Waals surface area contributed by atoms with E-state index in [1.165, 1.54) is 12.0 Å². The van der Waals surface area contributed by atoms with Gasteiger partial charge in [0.2, 0.25) is 0 Å². The number of para-hydroxylation sites is 1. The summed E-state index contributed by atoms with van der Waals surface area (Å²) in [7, 11) is 0. The summed E-state index contributed by atoms with van der Waals surface area (Å²) < 4.78 is 5.75. The van der Waals surface area contributed by atoms with E-state index in [9.17, 15) is 0 Å². The van der Waals surface area contributed by atoms with Gasteiger partial charge in [0.25, 0.3) is 0 Å². The fraction of sp³-hybridized carbons (Fsp3) is 0.571. The molecule has 1 fully saturated rings. The predicted molar refractivity (Wildman–Crippen MR) is 64.5 cm³/mol. The predicted octanol–water partition coefficient (Wildman–Crippen LogP) is 2.75. The van der Waals surface area contributed by atoms with Crippen molar-refractivity contribution in [2.75, 3.05) is 6.61 Å². The third kappa shape index (κ3) is 1.71. The molecule has 0 radical (unpaired) electrons. The van der Waals surface area contributed by atoms with Crippen LogP contribution in [0.15, 0.2) is 24.3 Å². The van der Waals surface area contributed by atoms with E-state index in [0.717, 1.165) is 24.3 Å². The van der Waals surface area contributed by atoms with Crippen molar-refractivity contribution in [2.45, 2.75) is 32.4 Å². The molecule has 86 valence electrons. The lowest BCUT2D eigenvalue weighted by molar-refractivity contribution is 0.187. The summed E-state index contributed by atoms with van der Waals surface area (Å²) in [4.78, 5) is 0. The van der Waals surface area contributed by atoms with Crippen LogP contribution in [0.3, 0.4) is 0 Å². The molecule has 4 unspecified atom stereocenters. The molecule has 4 atom stereocenters. The van der Waals surface area contributed by atoms with Crippen LogP contribution in [0, 0.1) is 11.8 Å². The number of ether oxygens (including phenoxy) is 1. The van der Waals surface area contributed by atoms with Crippen molar-refractivity contribution in [3.05, 3.63) is 29.8 Å². The second-order valence-corrected chi connectivity index (χ2v) is 5.29. The molecular formula is C14H19NO. The molecule has 0 bridgehead atoms. The van der Waals surface area contributed by atoms with Crippen LogP contribution in [0.2, 0.25) is 0 Å². The maximum Gasteiger partial charge on any atom is 0.124 e. The quantitative estimate of drug-likeness (QED) is 0.822. The Labute approximate surface area is 97.0 Å².